The highest BCUT2D eigenvalue weighted by Crippen LogP contribution is 2.31. The lowest BCUT2D eigenvalue weighted by Gasteiger charge is -2.40. The molecule has 9 heteroatoms. The number of hydrogen-bond donors (Lipinski definition) is 1. The van der Waals surface area contributed by atoms with Crippen LogP contribution >= 0.6 is 11.3 Å². The second kappa shape index (κ2) is 10.3. The topological polar surface area (TPSA) is 87.7 Å². The summed E-state index contributed by atoms with van der Waals surface area (Å²) in [4.78, 5) is 39.6. The Morgan fingerprint density at radius 2 is 1.88 bits per heavy atom. The molecule has 4 heterocycles. The average Bonchev–Trinajstić information content (AvgIpc) is 3.22. The fourth-order valence-electron chi connectivity index (χ4n) is 4.66. The van der Waals surface area contributed by atoms with Crippen LogP contribution in [0, 0.1) is 6.92 Å². The molecule has 0 radical (unpaired) electrons. The van der Waals surface area contributed by atoms with Crippen molar-refractivity contribution in [2.24, 2.45) is 0 Å². The molecule has 4 rings (SSSR count). The molecule has 0 spiro atoms. The highest BCUT2D eigenvalue weighted by Gasteiger charge is 2.38. The van der Waals surface area contributed by atoms with Gasteiger partial charge in [-0.15, -0.1) is 11.3 Å². The third kappa shape index (κ3) is 6.05. The van der Waals surface area contributed by atoms with E-state index in [1.54, 1.807) is 16.2 Å². The summed E-state index contributed by atoms with van der Waals surface area (Å²) in [5.74, 6) is 1.22. The van der Waals surface area contributed by atoms with Gasteiger partial charge >= 0.3 is 6.09 Å². The third-order valence-corrected chi connectivity index (χ3v) is 7.16. The number of aryl methyl sites for hydroxylation is 1. The number of carbonyl (C=O) groups excluding carboxylic acids is 2. The van der Waals surface area contributed by atoms with Crippen LogP contribution in [0.2, 0.25) is 0 Å². The highest BCUT2D eigenvalue weighted by molar-refractivity contribution is 7.15. The molecule has 8 nitrogen and oxygen atoms in total. The van der Waals surface area contributed by atoms with Crippen molar-refractivity contribution in [2.75, 3.05) is 25.0 Å². The van der Waals surface area contributed by atoms with Crippen molar-refractivity contribution in [1.82, 2.24) is 19.8 Å². The van der Waals surface area contributed by atoms with Crippen LogP contribution in [0.5, 0.6) is 0 Å². The summed E-state index contributed by atoms with van der Waals surface area (Å²) in [6.45, 7) is 9.56. The number of rotatable bonds is 4. The highest BCUT2D eigenvalue weighted by atomic mass is 32.1. The van der Waals surface area contributed by atoms with E-state index >= 15 is 0 Å². The number of amides is 2. The number of aromatic nitrogens is 2. The number of piperidine rings is 2. The summed E-state index contributed by atoms with van der Waals surface area (Å²) in [7, 11) is 0. The summed E-state index contributed by atoms with van der Waals surface area (Å²) < 4.78 is 5.58. The Labute approximate surface area is 205 Å². The molecule has 184 valence electrons. The minimum Gasteiger partial charge on any atom is -0.444 e. The predicted octanol–water partition coefficient (Wildman–Crippen LogP) is 5.09. The Morgan fingerprint density at radius 3 is 2.56 bits per heavy atom. The van der Waals surface area contributed by atoms with E-state index in [1.807, 2.05) is 45.0 Å². The molecule has 2 fully saturated rings. The molecular formula is C25H35N5O3S. The Hall–Kier alpha value is -2.68. The number of nitrogens with zero attached hydrogens (tertiary/aromatic N) is 4. The molecule has 34 heavy (non-hydrogen) atoms. The number of nitrogens with one attached hydrogen (secondary N) is 1. The van der Waals surface area contributed by atoms with Gasteiger partial charge < -0.3 is 15.0 Å². The van der Waals surface area contributed by atoms with Crippen LogP contribution in [-0.4, -0.2) is 63.0 Å². The van der Waals surface area contributed by atoms with Crippen LogP contribution in [0.25, 0.3) is 0 Å². The number of carbonyl (C=O) groups is 2. The van der Waals surface area contributed by atoms with Gasteiger partial charge in [-0.1, -0.05) is 0 Å². The molecule has 0 aliphatic carbocycles. The van der Waals surface area contributed by atoms with Crippen LogP contribution < -0.4 is 5.32 Å². The van der Waals surface area contributed by atoms with E-state index in [9.17, 15) is 9.59 Å². The Balaban J connectivity index is 1.36. The normalized spacial score (nSPS) is 19.7. The summed E-state index contributed by atoms with van der Waals surface area (Å²) in [6, 6.07) is 3.73. The Kier molecular flexibility index (Phi) is 7.40. The molecule has 0 unspecified atom stereocenters. The van der Waals surface area contributed by atoms with Crippen LogP contribution in [-0.2, 0) is 9.53 Å². The van der Waals surface area contributed by atoms with Crippen molar-refractivity contribution >= 4 is 34.3 Å². The lowest BCUT2D eigenvalue weighted by molar-refractivity contribution is -0.139. The molecule has 0 aromatic carbocycles. The van der Waals surface area contributed by atoms with E-state index in [4.69, 9.17) is 4.74 Å². The maximum atomic E-state index is 13.4. The minimum absolute atomic E-state index is 0.0558. The standard InChI is InChI=1S/C25H35N5O3S/c1-17-16-27-23(34-17)28-21-15-19(8-11-26-21)18-9-13-29(14-10-18)22(31)20-7-5-6-12-30(20)24(32)33-25(2,3)4/h8,11,15-16,18,20H,5-7,9-10,12-14H2,1-4H3,(H,26,27,28)/t20-/m1/s1. The van der Waals surface area contributed by atoms with E-state index in [-0.39, 0.29) is 12.0 Å². The van der Waals surface area contributed by atoms with Crippen molar-refractivity contribution in [3.05, 3.63) is 35.0 Å². The van der Waals surface area contributed by atoms with Gasteiger partial charge in [-0.3, -0.25) is 9.69 Å². The first-order valence-corrected chi connectivity index (χ1v) is 12.9. The van der Waals surface area contributed by atoms with Crippen LogP contribution in [0.4, 0.5) is 15.7 Å². The van der Waals surface area contributed by atoms with Crippen molar-refractivity contribution in [2.45, 2.75) is 77.4 Å². The van der Waals surface area contributed by atoms with Crippen LogP contribution in [0.15, 0.2) is 24.5 Å². The van der Waals surface area contributed by atoms with Crippen molar-refractivity contribution in [3.8, 4) is 0 Å². The monoisotopic (exact) mass is 485 g/mol. The summed E-state index contributed by atoms with van der Waals surface area (Å²) in [6.07, 6.45) is 7.65. The molecule has 2 aromatic rings. The van der Waals surface area contributed by atoms with E-state index in [0.29, 0.717) is 32.0 Å². The van der Waals surface area contributed by atoms with E-state index < -0.39 is 11.6 Å². The zero-order chi connectivity index (χ0) is 24.3. The van der Waals surface area contributed by atoms with Gasteiger partial charge in [0.15, 0.2) is 5.13 Å². The van der Waals surface area contributed by atoms with Gasteiger partial charge in [-0.2, -0.15) is 0 Å². The van der Waals surface area contributed by atoms with Gasteiger partial charge in [-0.05, 0) is 83.4 Å². The van der Waals surface area contributed by atoms with Gasteiger partial charge in [0.1, 0.15) is 17.5 Å². The smallest absolute Gasteiger partial charge is 0.410 e. The van der Waals surface area contributed by atoms with E-state index in [1.165, 1.54) is 5.56 Å². The molecule has 2 saturated heterocycles. The fourth-order valence-corrected chi connectivity index (χ4v) is 5.33. The molecule has 1 atom stereocenters. The van der Waals surface area contributed by atoms with Gasteiger partial charge in [-0.25, -0.2) is 14.8 Å². The second-order valence-electron chi connectivity index (χ2n) is 10.2. The van der Waals surface area contributed by atoms with Crippen molar-refractivity contribution in [3.63, 3.8) is 0 Å². The number of hydrogen-bond acceptors (Lipinski definition) is 7. The van der Waals surface area contributed by atoms with Gasteiger partial charge in [0, 0.05) is 36.9 Å². The lowest BCUT2D eigenvalue weighted by atomic mass is 9.89. The molecule has 2 aromatic heterocycles. The SMILES string of the molecule is Cc1cnc(Nc2cc(C3CCN(C(=O)[C@H]4CCCCN4C(=O)OC(C)(C)C)CC3)ccn2)s1. The largest absolute Gasteiger partial charge is 0.444 e. The van der Waals surface area contributed by atoms with Gasteiger partial charge in [0.05, 0.1) is 0 Å². The number of pyridine rings is 1. The number of anilines is 2. The molecule has 2 aliphatic heterocycles. The Morgan fingerprint density at radius 1 is 1.12 bits per heavy atom. The van der Waals surface area contributed by atoms with Gasteiger partial charge in [0.25, 0.3) is 0 Å². The minimum atomic E-state index is -0.572. The molecule has 0 saturated carbocycles. The lowest BCUT2D eigenvalue weighted by Crippen LogP contribution is -2.55. The first kappa shape index (κ1) is 24.4. The zero-order valence-corrected chi connectivity index (χ0v) is 21.4. The van der Waals surface area contributed by atoms with Crippen LogP contribution in [0.1, 0.15) is 69.2 Å². The molecule has 2 amide bonds. The first-order chi connectivity index (χ1) is 16.2. The van der Waals surface area contributed by atoms with Gasteiger partial charge in [0.2, 0.25) is 5.91 Å². The molecule has 1 N–H and O–H groups in total. The van der Waals surface area contributed by atoms with E-state index in [0.717, 1.165) is 41.5 Å². The number of thiazole rings is 1. The molecule has 2 aliphatic rings. The number of likely N-dealkylation sites (tertiary alicyclic amines) is 2. The van der Waals surface area contributed by atoms with Crippen LogP contribution in [0.3, 0.4) is 0 Å². The average molecular weight is 486 g/mol. The summed E-state index contributed by atoms with van der Waals surface area (Å²) in [5.41, 5.74) is 0.655. The maximum Gasteiger partial charge on any atom is 0.410 e. The zero-order valence-electron chi connectivity index (χ0n) is 20.5. The first-order valence-electron chi connectivity index (χ1n) is 12.1. The second-order valence-corrected chi connectivity index (χ2v) is 11.4. The van der Waals surface area contributed by atoms with Crippen molar-refractivity contribution in [1.29, 1.82) is 0 Å². The molecule has 0 bridgehead atoms. The Bertz CT molecular complexity index is 1010. The quantitative estimate of drug-likeness (QED) is 0.649. The summed E-state index contributed by atoms with van der Waals surface area (Å²) in [5, 5.41) is 4.13. The molecular weight excluding hydrogens is 450 g/mol. The maximum absolute atomic E-state index is 13.4. The fraction of sp³-hybridized carbons (Fsp3) is 0.600. The summed E-state index contributed by atoms with van der Waals surface area (Å²) >= 11 is 1.60. The van der Waals surface area contributed by atoms with Crippen molar-refractivity contribution < 1.29 is 14.3 Å². The third-order valence-electron chi connectivity index (χ3n) is 6.33. The van der Waals surface area contributed by atoms with E-state index in [2.05, 4.69) is 27.4 Å². The predicted molar refractivity (Wildman–Crippen MR) is 134 cm³/mol. The number of ether oxygens (including phenoxy) is 1.